The molecule has 0 aromatic heterocycles. The molecule has 0 aliphatic heterocycles. The second-order valence-electron chi connectivity index (χ2n) is 1.63. The van der Waals surface area contributed by atoms with Crippen molar-refractivity contribution in [2.24, 2.45) is 5.10 Å². The number of amides is 3. The minimum atomic E-state index is -0.585. The Morgan fingerprint density at radius 3 is 2.45 bits per heavy atom. The Bertz CT molecular complexity index is 177. The van der Waals surface area contributed by atoms with E-state index in [1.54, 1.807) is 6.92 Å². The van der Waals surface area contributed by atoms with Gasteiger partial charge in [-0.1, -0.05) is 0 Å². The molecule has 0 aliphatic rings. The van der Waals surface area contributed by atoms with Crippen LogP contribution in [0.2, 0.25) is 0 Å². The molecular formula is C5H10N4O2. The summed E-state index contributed by atoms with van der Waals surface area (Å²) in [7, 11) is 0. The zero-order valence-electron chi connectivity index (χ0n) is 6.34. The fourth-order valence-electron chi connectivity index (χ4n) is 0.296. The van der Waals surface area contributed by atoms with Crippen LogP contribution in [0, 0.1) is 0 Å². The third kappa shape index (κ3) is 6.29. The molecule has 0 spiro atoms. The molecule has 62 valence electrons. The van der Waals surface area contributed by atoms with Gasteiger partial charge >= 0.3 is 6.03 Å². The molecule has 0 radical (unpaired) electrons. The fourth-order valence-corrected chi connectivity index (χ4v) is 0.296. The van der Waals surface area contributed by atoms with E-state index in [2.05, 4.69) is 21.4 Å². The van der Waals surface area contributed by atoms with Crippen molar-refractivity contribution in [1.29, 1.82) is 0 Å². The van der Waals surface area contributed by atoms with Gasteiger partial charge in [-0.2, -0.15) is 5.10 Å². The second kappa shape index (κ2) is 5.21. The minimum Gasteiger partial charge on any atom is -0.274 e. The van der Waals surface area contributed by atoms with Gasteiger partial charge < -0.3 is 0 Å². The van der Waals surface area contributed by atoms with E-state index in [4.69, 9.17) is 0 Å². The molecule has 6 nitrogen and oxygen atoms in total. The number of carbonyl (C=O) groups is 2. The maximum absolute atomic E-state index is 10.6. The first kappa shape index (κ1) is 9.41. The monoisotopic (exact) mass is 158 g/mol. The normalized spacial score (nSPS) is 9.27. The summed E-state index contributed by atoms with van der Waals surface area (Å²) < 4.78 is 0. The molecule has 0 unspecified atom stereocenters. The molecule has 0 saturated carbocycles. The Balaban J connectivity index is 3.45. The largest absolute Gasteiger partial charge is 0.353 e. The van der Waals surface area contributed by atoms with E-state index < -0.39 is 6.03 Å². The summed E-state index contributed by atoms with van der Waals surface area (Å²) in [4.78, 5) is 20.8. The number of urea groups is 1. The quantitative estimate of drug-likeness (QED) is 0.350. The number of nitrogens with zero attached hydrogens (tertiary/aromatic N) is 1. The Morgan fingerprint density at radius 2 is 2.00 bits per heavy atom. The third-order valence-electron chi connectivity index (χ3n) is 0.647. The molecule has 0 aromatic rings. The summed E-state index contributed by atoms with van der Waals surface area (Å²) in [6, 6.07) is -0.585. The molecule has 0 aromatic carbocycles. The lowest BCUT2D eigenvalue weighted by Crippen LogP contribution is -2.44. The predicted octanol–water partition coefficient (Wildman–Crippen LogP) is -0.658. The molecule has 6 heteroatoms. The summed E-state index contributed by atoms with van der Waals surface area (Å²) in [5.41, 5.74) is 6.23. The summed E-state index contributed by atoms with van der Waals surface area (Å²) in [6.07, 6.45) is 1.41. The second-order valence-corrected chi connectivity index (χ2v) is 1.63. The third-order valence-corrected chi connectivity index (χ3v) is 0.647. The van der Waals surface area contributed by atoms with Crippen molar-refractivity contribution < 1.29 is 9.59 Å². The van der Waals surface area contributed by atoms with E-state index in [1.807, 2.05) is 0 Å². The Kier molecular flexibility index (Phi) is 4.46. The highest BCUT2D eigenvalue weighted by atomic mass is 16.2. The van der Waals surface area contributed by atoms with Gasteiger partial charge in [0.15, 0.2) is 0 Å². The van der Waals surface area contributed by atoms with Crippen molar-refractivity contribution in [3.05, 3.63) is 0 Å². The van der Waals surface area contributed by atoms with Crippen molar-refractivity contribution in [3.8, 4) is 0 Å². The van der Waals surface area contributed by atoms with Crippen molar-refractivity contribution in [2.45, 2.75) is 13.8 Å². The molecule has 0 bridgehead atoms. The molecule has 11 heavy (non-hydrogen) atoms. The van der Waals surface area contributed by atoms with Crippen LogP contribution in [0.3, 0.4) is 0 Å². The van der Waals surface area contributed by atoms with Gasteiger partial charge in [-0.3, -0.25) is 10.2 Å². The standard InChI is InChI=1S/C5H10N4O2/c1-3-6-8-5(11)9-7-4(2)10/h3H,1-2H3,(H,7,10)(H2,8,9,11)/b6-3+. The SMILES string of the molecule is C/C=N/NC(=O)NNC(C)=O. The van der Waals surface area contributed by atoms with Crippen LogP contribution in [0.15, 0.2) is 5.10 Å². The van der Waals surface area contributed by atoms with Crippen LogP contribution in [0.1, 0.15) is 13.8 Å². The maximum Gasteiger partial charge on any atom is 0.353 e. The minimum absolute atomic E-state index is 0.347. The molecule has 3 N–H and O–H groups in total. The summed E-state index contributed by atoms with van der Waals surface area (Å²) >= 11 is 0. The Morgan fingerprint density at radius 1 is 1.36 bits per heavy atom. The van der Waals surface area contributed by atoms with Crippen molar-refractivity contribution in [1.82, 2.24) is 16.3 Å². The van der Waals surface area contributed by atoms with Crippen LogP contribution in [-0.4, -0.2) is 18.2 Å². The van der Waals surface area contributed by atoms with Gasteiger partial charge in [0, 0.05) is 13.1 Å². The van der Waals surface area contributed by atoms with E-state index in [-0.39, 0.29) is 5.91 Å². The van der Waals surface area contributed by atoms with Crippen LogP contribution >= 0.6 is 0 Å². The zero-order chi connectivity index (χ0) is 8.69. The van der Waals surface area contributed by atoms with Crippen molar-refractivity contribution >= 4 is 18.2 Å². The lowest BCUT2D eigenvalue weighted by atomic mass is 10.8. The van der Waals surface area contributed by atoms with E-state index >= 15 is 0 Å². The Labute approximate surface area is 64.0 Å². The number of hydrogen-bond acceptors (Lipinski definition) is 3. The molecule has 0 saturated heterocycles. The fraction of sp³-hybridized carbons (Fsp3) is 0.400. The molecular weight excluding hydrogens is 148 g/mol. The van der Waals surface area contributed by atoms with Gasteiger partial charge in [0.25, 0.3) is 0 Å². The van der Waals surface area contributed by atoms with Crippen LogP contribution in [0.4, 0.5) is 4.79 Å². The number of hydrazine groups is 1. The molecule has 0 atom stereocenters. The van der Waals surface area contributed by atoms with Gasteiger partial charge in [-0.15, -0.1) is 0 Å². The lowest BCUT2D eigenvalue weighted by Gasteiger charge is -2.02. The van der Waals surface area contributed by atoms with E-state index in [0.717, 1.165) is 0 Å². The predicted molar refractivity (Wildman–Crippen MR) is 39.7 cm³/mol. The average molecular weight is 158 g/mol. The number of rotatable bonds is 1. The number of hydrazone groups is 1. The summed E-state index contributed by atoms with van der Waals surface area (Å²) in [6.45, 7) is 2.93. The van der Waals surface area contributed by atoms with Gasteiger partial charge in [0.1, 0.15) is 0 Å². The first-order valence-corrected chi connectivity index (χ1v) is 2.97. The topological polar surface area (TPSA) is 82.6 Å². The lowest BCUT2D eigenvalue weighted by molar-refractivity contribution is -0.119. The van der Waals surface area contributed by atoms with Crippen molar-refractivity contribution in [2.75, 3.05) is 0 Å². The summed E-state index contributed by atoms with van der Waals surface area (Å²) in [5, 5.41) is 3.41. The maximum atomic E-state index is 10.6. The molecule has 0 heterocycles. The number of carbonyl (C=O) groups excluding carboxylic acids is 2. The molecule has 0 aliphatic carbocycles. The van der Waals surface area contributed by atoms with Crippen LogP contribution in [0.5, 0.6) is 0 Å². The van der Waals surface area contributed by atoms with Crippen molar-refractivity contribution in [3.63, 3.8) is 0 Å². The molecule has 0 fully saturated rings. The van der Waals surface area contributed by atoms with E-state index in [1.165, 1.54) is 13.1 Å². The zero-order valence-corrected chi connectivity index (χ0v) is 6.34. The molecule has 3 amide bonds. The summed E-state index contributed by atoms with van der Waals surface area (Å²) in [5.74, 6) is -0.347. The average Bonchev–Trinajstić information content (AvgIpc) is 1.97. The van der Waals surface area contributed by atoms with E-state index in [9.17, 15) is 9.59 Å². The van der Waals surface area contributed by atoms with Crippen LogP contribution in [0.25, 0.3) is 0 Å². The number of hydrogen-bond donors (Lipinski definition) is 3. The highest BCUT2D eigenvalue weighted by Crippen LogP contribution is 1.61. The highest BCUT2D eigenvalue weighted by molar-refractivity contribution is 5.79. The van der Waals surface area contributed by atoms with E-state index in [0.29, 0.717) is 0 Å². The first-order chi connectivity index (χ1) is 5.16. The molecule has 0 rings (SSSR count). The highest BCUT2D eigenvalue weighted by Gasteiger charge is 1.95. The Hall–Kier alpha value is -1.59. The van der Waals surface area contributed by atoms with Gasteiger partial charge in [0.2, 0.25) is 5.91 Å². The van der Waals surface area contributed by atoms with Gasteiger partial charge in [-0.05, 0) is 6.92 Å². The van der Waals surface area contributed by atoms with Crippen LogP contribution < -0.4 is 16.3 Å². The first-order valence-electron chi connectivity index (χ1n) is 2.97. The van der Waals surface area contributed by atoms with Crippen LogP contribution in [-0.2, 0) is 4.79 Å². The van der Waals surface area contributed by atoms with Gasteiger partial charge in [0.05, 0.1) is 0 Å². The smallest absolute Gasteiger partial charge is 0.274 e. The number of nitrogens with one attached hydrogen (secondary N) is 3. The van der Waals surface area contributed by atoms with Gasteiger partial charge in [-0.25, -0.2) is 15.6 Å².